The highest BCUT2D eigenvalue weighted by Crippen LogP contribution is 2.25. The Morgan fingerprint density at radius 1 is 1.42 bits per heavy atom. The number of nitrogens with one attached hydrogen (secondary N) is 2. The van der Waals surface area contributed by atoms with Gasteiger partial charge in [0.1, 0.15) is 0 Å². The van der Waals surface area contributed by atoms with Crippen molar-refractivity contribution in [2.45, 2.75) is 38.6 Å². The highest BCUT2D eigenvalue weighted by molar-refractivity contribution is 7.91. The van der Waals surface area contributed by atoms with Gasteiger partial charge in [-0.2, -0.15) is 0 Å². The first-order valence-corrected chi connectivity index (χ1v) is 10.4. The molecule has 2 N–H and O–H groups in total. The fourth-order valence-electron chi connectivity index (χ4n) is 2.70. The summed E-state index contributed by atoms with van der Waals surface area (Å²) in [6.45, 7) is 7.52. The van der Waals surface area contributed by atoms with Gasteiger partial charge in [0.15, 0.2) is 15.8 Å². The zero-order valence-corrected chi connectivity index (χ0v) is 16.0. The van der Waals surface area contributed by atoms with Crippen molar-refractivity contribution in [3.05, 3.63) is 34.9 Å². The molecule has 1 unspecified atom stereocenters. The molecule has 0 aliphatic carbocycles. The number of rotatable bonds is 5. The van der Waals surface area contributed by atoms with Crippen molar-refractivity contribution >= 4 is 27.4 Å². The van der Waals surface area contributed by atoms with E-state index in [1.807, 2.05) is 31.2 Å². The molecule has 1 aromatic rings. The van der Waals surface area contributed by atoms with Gasteiger partial charge in [-0.05, 0) is 31.0 Å². The molecule has 1 saturated heterocycles. The smallest absolute Gasteiger partial charge is 0.191 e. The Morgan fingerprint density at radius 3 is 2.75 bits per heavy atom. The number of hydrogen-bond donors (Lipinski definition) is 2. The van der Waals surface area contributed by atoms with E-state index in [0.29, 0.717) is 23.9 Å². The van der Waals surface area contributed by atoms with Gasteiger partial charge in [0.25, 0.3) is 0 Å². The molecule has 24 heavy (non-hydrogen) atoms. The van der Waals surface area contributed by atoms with Gasteiger partial charge >= 0.3 is 0 Å². The van der Waals surface area contributed by atoms with Crippen LogP contribution in [-0.4, -0.2) is 45.0 Å². The lowest BCUT2D eigenvalue weighted by molar-refractivity contribution is 0.535. The summed E-state index contributed by atoms with van der Waals surface area (Å²) >= 11 is 6.09. The van der Waals surface area contributed by atoms with E-state index in [1.54, 1.807) is 0 Å². The monoisotopic (exact) mass is 371 g/mol. The number of sulfone groups is 1. The van der Waals surface area contributed by atoms with Crippen LogP contribution in [0.1, 0.15) is 32.8 Å². The van der Waals surface area contributed by atoms with Gasteiger partial charge in [-0.25, -0.2) is 8.42 Å². The fraction of sp³-hybridized carbons (Fsp3) is 0.588. The molecule has 134 valence electrons. The number of benzene rings is 1. The van der Waals surface area contributed by atoms with E-state index in [2.05, 4.69) is 29.5 Å². The van der Waals surface area contributed by atoms with Gasteiger partial charge in [-0.1, -0.05) is 37.6 Å². The molecule has 2 rings (SSSR count). The molecular weight excluding hydrogens is 346 g/mol. The molecule has 1 aromatic carbocycles. The lowest BCUT2D eigenvalue weighted by atomic mass is 9.85. The third kappa shape index (κ3) is 5.38. The van der Waals surface area contributed by atoms with E-state index in [4.69, 9.17) is 11.6 Å². The summed E-state index contributed by atoms with van der Waals surface area (Å²) in [5.74, 6) is 1.09. The average molecular weight is 372 g/mol. The van der Waals surface area contributed by atoms with E-state index in [0.717, 1.165) is 12.1 Å². The predicted molar refractivity (Wildman–Crippen MR) is 101 cm³/mol. The lowest BCUT2D eigenvalue weighted by Crippen LogP contribution is -2.44. The van der Waals surface area contributed by atoms with E-state index in [9.17, 15) is 8.42 Å². The van der Waals surface area contributed by atoms with Crippen LogP contribution in [0.15, 0.2) is 29.3 Å². The van der Waals surface area contributed by atoms with Gasteiger partial charge in [-0.3, -0.25) is 4.99 Å². The van der Waals surface area contributed by atoms with E-state index < -0.39 is 9.84 Å². The summed E-state index contributed by atoms with van der Waals surface area (Å²) in [4.78, 5) is 4.66. The maximum absolute atomic E-state index is 11.6. The molecule has 5 nitrogen and oxygen atoms in total. The minimum absolute atomic E-state index is 0.0675. The van der Waals surface area contributed by atoms with Crippen molar-refractivity contribution < 1.29 is 8.42 Å². The molecule has 1 aliphatic heterocycles. The molecule has 1 heterocycles. The first-order chi connectivity index (χ1) is 11.2. The van der Waals surface area contributed by atoms with Crippen molar-refractivity contribution in [1.29, 1.82) is 0 Å². The maximum Gasteiger partial charge on any atom is 0.191 e. The van der Waals surface area contributed by atoms with Crippen LogP contribution in [0.5, 0.6) is 0 Å². The normalized spacial score (nSPS) is 20.8. The lowest BCUT2D eigenvalue weighted by Gasteiger charge is -2.24. The third-order valence-corrected chi connectivity index (χ3v) is 6.16. The predicted octanol–water partition coefficient (Wildman–Crippen LogP) is 2.36. The summed E-state index contributed by atoms with van der Waals surface area (Å²) in [6.07, 6.45) is 0.629. The number of guanidine groups is 1. The van der Waals surface area contributed by atoms with Gasteiger partial charge < -0.3 is 10.6 Å². The molecule has 1 aliphatic rings. The Hall–Kier alpha value is -1.27. The second-order valence-electron chi connectivity index (χ2n) is 6.83. The zero-order valence-electron chi connectivity index (χ0n) is 14.5. The quantitative estimate of drug-likeness (QED) is 0.615. The first-order valence-electron chi connectivity index (χ1n) is 8.23. The molecular formula is C17H26ClN3O2S. The topological polar surface area (TPSA) is 70.6 Å². The summed E-state index contributed by atoms with van der Waals surface area (Å²) < 4.78 is 23.2. The highest BCUT2D eigenvalue weighted by atomic mass is 35.5. The number of nitrogens with zero attached hydrogens (tertiary/aromatic N) is 1. The van der Waals surface area contributed by atoms with Crippen molar-refractivity contribution in [2.24, 2.45) is 4.99 Å². The third-order valence-electron chi connectivity index (χ3n) is 4.16. The van der Waals surface area contributed by atoms with Crippen molar-refractivity contribution in [3.63, 3.8) is 0 Å². The Balaban J connectivity index is 2.07. The van der Waals surface area contributed by atoms with Crippen LogP contribution in [0.2, 0.25) is 5.02 Å². The van der Waals surface area contributed by atoms with Gasteiger partial charge in [0, 0.05) is 23.0 Å². The second kappa shape index (κ2) is 7.74. The van der Waals surface area contributed by atoms with Crippen LogP contribution in [0.3, 0.4) is 0 Å². The van der Waals surface area contributed by atoms with Crippen LogP contribution >= 0.6 is 11.6 Å². The Labute approximate surface area is 149 Å². The van der Waals surface area contributed by atoms with Gasteiger partial charge in [0.2, 0.25) is 0 Å². The SMILES string of the molecule is CCNC(=NCC(C)(C)c1cccc(Cl)c1)NC1CCS(=O)(=O)C1. The maximum atomic E-state index is 11.6. The number of aliphatic imine (C=N–C) groups is 1. The molecule has 7 heteroatoms. The van der Waals surface area contributed by atoms with E-state index >= 15 is 0 Å². The molecule has 1 atom stereocenters. The Bertz CT molecular complexity index is 702. The summed E-state index contributed by atoms with van der Waals surface area (Å²) in [7, 11) is -2.91. The van der Waals surface area contributed by atoms with Crippen molar-refractivity contribution in [1.82, 2.24) is 10.6 Å². The molecule has 0 saturated carbocycles. The number of hydrogen-bond acceptors (Lipinski definition) is 3. The standard InChI is InChI=1S/C17H26ClN3O2S/c1-4-19-16(21-15-8-9-24(22,23)11-15)20-12-17(2,3)13-6-5-7-14(18)10-13/h5-7,10,15H,4,8-9,11-12H2,1-3H3,(H2,19,20,21). The van der Waals surface area contributed by atoms with Gasteiger partial charge in [-0.15, -0.1) is 0 Å². The zero-order chi connectivity index (χ0) is 17.8. The minimum atomic E-state index is -2.91. The molecule has 0 amide bonds. The van der Waals surface area contributed by atoms with Crippen LogP contribution < -0.4 is 10.6 Å². The van der Waals surface area contributed by atoms with Crippen LogP contribution in [0.25, 0.3) is 0 Å². The first kappa shape index (κ1) is 19.1. The minimum Gasteiger partial charge on any atom is -0.357 e. The van der Waals surface area contributed by atoms with Crippen molar-refractivity contribution in [2.75, 3.05) is 24.6 Å². The number of halogens is 1. The summed E-state index contributed by atoms with van der Waals surface area (Å²) in [5.41, 5.74) is 0.952. The summed E-state index contributed by atoms with van der Waals surface area (Å²) in [5, 5.41) is 7.15. The van der Waals surface area contributed by atoms with Crippen LogP contribution in [-0.2, 0) is 15.3 Å². The highest BCUT2D eigenvalue weighted by Gasteiger charge is 2.28. The van der Waals surface area contributed by atoms with Crippen LogP contribution in [0.4, 0.5) is 0 Å². The Morgan fingerprint density at radius 2 is 2.17 bits per heavy atom. The average Bonchev–Trinajstić information content (AvgIpc) is 2.84. The van der Waals surface area contributed by atoms with E-state index in [1.165, 1.54) is 0 Å². The largest absolute Gasteiger partial charge is 0.357 e. The summed E-state index contributed by atoms with van der Waals surface area (Å²) in [6, 6.07) is 7.74. The fourth-order valence-corrected chi connectivity index (χ4v) is 4.56. The molecule has 0 aromatic heterocycles. The van der Waals surface area contributed by atoms with E-state index in [-0.39, 0.29) is 23.0 Å². The molecule has 0 spiro atoms. The molecule has 1 fully saturated rings. The second-order valence-corrected chi connectivity index (χ2v) is 9.50. The molecule has 0 bridgehead atoms. The van der Waals surface area contributed by atoms with Gasteiger partial charge in [0.05, 0.1) is 18.1 Å². The molecule has 0 radical (unpaired) electrons. The Kier molecular flexibility index (Phi) is 6.15. The van der Waals surface area contributed by atoms with Crippen molar-refractivity contribution in [3.8, 4) is 0 Å². The van der Waals surface area contributed by atoms with Crippen LogP contribution in [0, 0.1) is 0 Å².